The van der Waals surface area contributed by atoms with Crippen LogP contribution in [0, 0.1) is 0 Å². The Morgan fingerprint density at radius 1 is 1.12 bits per heavy atom. The fourth-order valence-electron chi connectivity index (χ4n) is 2.24. The summed E-state index contributed by atoms with van der Waals surface area (Å²) in [7, 11) is 0. The lowest BCUT2D eigenvalue weighted by Crippen LogP contribution is -2.13. The van der Waals surface area contributed by atoms with Crippen LogP contribution in [0.1, 0.15) is 28.9 Å². The van der Waals surface area contributed by atoms with E-state index in [1.54, 1.807) is 6.07 Å². The zero-order chi connectivity index (χ0) is 12.0. The number of hydrogen-bond acceptors (Lipinski definition) is 2. The van der Waals surface area contributed by atoms with Crippen LogP contribution >= 0.6 is 23.2 Å². The number of aryl methyl sites for hydroxylation is 1. The maximum Gasteiger partial charge on any atom is 0.181 e. The van der Waals surface area contributed by atoms with E-state index >= 15 is 0 Å². The Morgan fingerprint density at radius 3 is 2.76 bits per heavy atom. The van der Waals surface area contributed by atoms with Crippen LogP contribution in [0.2, 0.25) is 10.0 Å². The van der Waals surface area contributed by atoms with E-state index < -0.39 is 0 Å². The number of pyridine rings is 1. The molecule has 0 atom stereocenters. The van der Waals surface area contributed by atoms with Crippen molar-refractivity contribution in [3.63, 3.8) is 0 Å². The number of halogens is 2. The third-order valence-electron chi connectivity index (χ3n) is 3.03. The van der Waals surface area contributed by atoms with E-state index in [4.69, 9.17) is 23.2 Å². The maximum atomic E-state index is 11.8. The van der Waals surface area contributed by atoms with Crippen molar-refractivity contribution >= 4 is 39.9 Å². The number of hydrogen-bond donors (Lipinski definition) is 0. The highest BCUT2D eigenvalue weighted by Gasteiger charge is 2.20. The summed E-state index contributed by atoms with van der Waals surface area (Å²) in [5, 5.41) is 1.98. The van der Waals surface area contributed by atoms with Crippen LogP contribution < -0.4 is 0 Å². The third-order valence-corrected chi connectivity index (χ3v) is 3.54. The largest absolute Gasteiger partial charge is 0.292 e. The number of ketones is 1. The molecule has 2 nitrogen and oxygen atoms in total. The van der Waals surface area contributed by atoms with E-state index in [2.05, 4.69) is 4.98 Å². The van der Waals surface area contributed by atoms with Gasteiger partial charge in [0.05, 0.1) is 10.5 Å². The van der Waals surface area contributed by atoms with E-state index in [0.717, 1.165) is 23.8 Å². The molecular formula is C13H9Cl2NO. The zero-order valence-electron chi connectivity index (χ0n) is 8.96. The first kappa shape index (κ1) is 11.0. The topological polar surface area (TPSA) is 30.0 Å². The van der Waals surface area contributed by atoms with Crippen LogP contribution in [-0.4, -0.2) is 10.8 Å². The van der Waals surface area contributed by atoms with Crippen LogP contribution in [0.25, 0.3) is 10.9 Å². The summed E-state index contributed by atoms with van der Waals surface area (Å²) in [5.74, 6) is 0.110. The molecule has 3 rings (SSSR count). The van der Waals surface area contributed by atoms with E-state index in [0.29, 0.717) is 27.7 Å². The molecule has 0 bridgehead atoms. The summed E-state index contributed by atoms with van der Waals surface area (Å²) in [4.78, 5) is 16.2. The Balaban J connectivity index is 2.35. The van der Waals surface area contributed by atoms with Crippen molar-refractivity contribution in [3.05, 3.63) is 39.5 Å². The summed E-state index contributed by atoms with van der Waals surface area (Å²) >= 11 is 12.1. The molecule has 1 aliphatic carbocycles. The molecule has 17 heavy (non-hydrogen) atoms. The van der Waals surface area contributed by atoms with Gasteiger partial charge in [0.1, 0.15) is 5.69 Å². The van der Waals surface area contributed by atoms with Gasteiger partial charge >= 0.3 is 0 Å². The highest BCUT2D eigenvalue weighted by molar-refractivity contribution is 6.38. The molecule has 1 heterocycles. The molecule has 0 radical (unpaired) electrons. The second kappa shape index (κ2) is 3.97. The van der Waals surface area contributed by atoms with Crippen LogP contribution in [0.15, 0.2) is 18.2 Å². The number of carbonyl (C=O) groups is 1. The summed E-state index contributed by atoms with van der Waals surface area (Å²) in [5.41, 5.74) is 2.24. The van der Waals surface area contributed by atoms with Gasteiger partial charge < -0.3 is 0 Å². The van der Waals surface area contributed by atoms with E-state index in [-0.39, 0.29) is 5.78 Å². The van der Waals surface area contributed by atoms with Gasteiger partial charge in [0, 0.05) is 16.8 Å². The summed E-state index contributed by atoms with van der Waals surface area (Å²) in [6.45, 7) is 0. The van der Waals surface area contributed by atoms with E-state index in [1.165, 1.54) is 0 Å². The maximum absolute atomic E-state index is 11.8. The number of aromatic nitrogens is 1. The lowest BCUT2D eigenvalue weighted by molar-refractivity contribution is 0.0967. The second-order valence-corrected chi connectivity index (χ2v) is 5.08. The highest BCUT2D eigenvalue weighted by atomic mass is 35.5. The number of fused-ring (bicyclic) bond motifs is 2. The Labute approximate surface area is 109 Å². The van der Waals surface area contributed by atoms with Gasteiger partial charge in [-0.1, -0.05) is 23.2 Å². The molecule has 0 saturated heterocycles. The van der Waals surface area contributed by atoms with Gasteiger partial charge in [-0.3, -0.25) is 4.79 Å². The lowest BCUT2D eigenvalue weighted by atomic mass is 9.94. The van der Waals surface area contributed by atoms with Crippen molar-refractivity contribution in [1.82, 2.24) is 4.98 Å². The van der Waals surface area contributed by atoms with E-state index in [9.17, 15) is 4.79 Å². The Kier molecular flexibility index (Phi) is 2.57. The van der Waals surface area contributed by atoms with Crippen LogP contribution in [0.3, 0.4) is 0 Å². The molecular weight excluding hydrogens is 257 g/mol. The van der Waals surface area contributed by atoms with Crippen molar-refractivity contribution in [3.8, 4) is 0 Å². The predicted octanol–water partition coefficient (Wildman–Crippen LogP) is 4.06. The standard InChI is InChI=1S/C13H9Cl2NO/c14-9-5-8-4-7-2-1-3-11(17)13(7)16-12(8)10(15)6-9/h4-6H,1-3H2. The molecule has 1 aliphatic rings. The normalized spacial score (nSPS) is 15.1. The van der Waals surface area contributed by atoms with Gasteiger partial charge in [0.15, 0.2) is 5.78 Å². The van der Waals surface area contributed by atoms with Crippen LogP contribution in [0.4, 0.5) is 0 Å². The second-order valence-electron chi connectivity index (χ2n) is 4.23. The van der Waals surface area contributed by atoms with E-state index in [1.807, 2.05) is 12.1 Å². The Hall–Kier alpha value is -1.12. The average molecular weight is 266 g/mol. The van der Waals surface area contributed by atoms with Crippen LogP contribution in [-0.2, 0) is 6.42 Å². The number of nitrogens with zero attached hydrogens (tertiary/aromatic N) is 1. The number of carbonyl (C=O) groups excluding carboxylic acids is 1. The van der Waals surface area contributed by atoms with Gasteiger partial charge in [-0.15, -0.1) is 0 Å². The van der Waals surface area contributed by atoms with Crippen molar-refractivity contribution in [2.45, 2.75) is 19.3 Å². The number of benzene rings is 1. The summed E-state index contributed by atoms with van der Waals surface area (Å²) in [6, 6.07) is 5.46. The monoisotopic (exact) mass is 265 g/mol. The van der Waals surface area contributed by atoms with Gasteiger partial charge in [-0.2, -0.15) is 0 Å². The summed E-state index contributed by atoms with van der Waals surface area (Å²) < 4.78 is 0. The van der Waals surface area contributed by atoms with Crippen molar-refractivity contribution in [2.24, 2.45) is 0 Å². The fourth-order valence-corrected chi connectivity index (χ4v) is 2.79. The minimum atomic E-state index is 0.110. The average Bonchev–Trinajstić information content (AvgIpc) is 2.27. The lowest BCUT2D eigenvalue weighted by Gasteiger charge is -2.14. The quantitative estimate of drug-likeness (QED) is 0.719. The highest BCUT2D eigenvalue weighted by Crippen LogP contribution is 2.30. The minimum absolute atomic E-state index is 0.110. The molecule has 2 aromatic rings. The molecule has 1 aromatic heterocycles. The molecule has 0 saturated carbocycles. The summed E-state index contributed by atoms with van der Waals surface area (Å²) in [6.07, 6.45) is 2.37. The molecule has 1 aromatic carbocycles. The Bertz CT molecular complexity index is 637. The minimum Gasteiger partial charge on any atom is -0.292 e. The molecule has 0 spiro atoms. The number of Topliss-reactive ketones (excluding diaryl/α,β-unsaturated/α-hetero) is 1. The molecule has 86 valence electrons. The van der Waals surface area contributed by atoms with Gasteiger partial charge in [-0.05, 0) is 36.6 Å². The zero-order valence-corrected chi connectivity index (χ0v) is 10.5. The van der Waals surface area contributed by atoms with Gasteiger partial charge in [0.2, 0.25) is 0 Å². The molecule has 0 unspecified atom stereocenters. The van der Waals surface area contributed by atoms with Crippen molar-refractivity contribution < 1.29 is 4.79 Å². The first-order valence-corrected chi connectivity index (χ1v) is 6.22. The molecule has 4 heteroatoms. The molecule has 0 fully saturated rings. The van der Waals surface area contributed by atoms with Gasteiger partial charge in [-0.25, -0.2) is 4.98 Å². The van der Waals surface area contributed by atoms with Crippen molar-refractivity contribution in [1.29, 1.82) is 0 Å². The number of rotatable bonds is 0. The van der Waals surface area contributed by atoms with Crippen molar-refractivity contribution in [2.75, 3.05) is 0 Å². The predicted molar refractivity (Wildman–Crippen MR) is 69.0 cm³/mol. The van der Waals surface area contributed by atoms with Crippen LogP contribution in [0.5, 0.6) is 0 Å². The molecule has 0 aliphatic heterocycles. The Morgan fingerprint density at radius 2 is 1.94 bits per heavy atom. The van der Waals surface area contributed by atoms with Gasteiger partial charge in [0.25, 0.3) is 0 Å². The molecule has 0 amide bonds. The SMILES string of the molecule is O=C1CCCc2cc3cc(Cl)cc(Cl)c3nc21. The first-order chi connectivity index (χ1) is 8.15. The fraction of sp³-hybridized carbons (Fsp3) is 0.231. The first-order valence-electron chi connectivity index (χ1n) is 5.47. The third kappa shape index (κ3) is 1.81. The molecule has 0 N–H and O–H groups in total. The smallest absolute Gasteiger partial charge is 0.181 e.